The third kappa shape index (κ3) is 5.30. The van der Waals surface area contributed by atoms with E-state index in [0.29, 0.717) is 5.75 Å². The second kappa shape index (κ2) is 7.67. The van der Waals surface area contributed by atoms with Gasteiger partial charge in [-0.1, -0.05) is 24.3 Å². The number of primary sulfonamides is 1. The highest BCUT2D eigenvalue weighted by molar-refractivity contribution is 7.89. The predicted molar refractivity (Wildman–Crippen MR) is 95.6 cm³/mol. The second-order valence-electron chi connectivity index (χ2n) is 5.92. The van der Waals surface area contributed by atoms with E-state index in [0.717, 1.165) is 11.1 Å². The monoisotopic (exact) mass is 362 g/mol. The van der Waals surface area contributed by atoms with Crippen LogP contribution in [-0.4, -0.2) is 20.4 Å². The summed E-state index contributed by atoms with van der Waals surface area (Å²) in [7, 11) is -3.73. The molecule has 2 aromatic carbocycles. The standard InChI is InChI=1S/C18H22N2O4S/c1-12-5-4-6-16(11-12)24-14(3)18(21)20-13(2)15-7-9-17(10-8-15)25(19,22)23/h4-11,13-14H,1-3H3,(H,20,21)(H2,19,22,23)/t13-,14+/m0/s1. The molecule has 0 bridgehead atoms. The Morgan fingerprint density at radius 2 is 1.76 bits per heavy atom. The molecule has 0 saturated heterocycles. The summed E-state index contributed by atoms with van der Waals surface area (Å²) < 4.78 is 28.2. The van der Waals surface area contributed by atoms with Crippen LogP contribution in [0.4, 0.5) is 0 Å². The summed E-state index contributed by atoms with van der Waals surface area (Å²) in [6.07, 6.45) is -0.659. The number of carbonyl (C=O) groups excluding carboxylic acids is 1. The van der Waals surface area contributed by atoms with E-state index in [9.17, 15) is 13.2 Å². The maximum Gasteiger partial charge on any atom is 0.261 e. The van der Waals surface area contributed by atoms with Crippen LogP contribution < -0.4 is 15.2 Å². The molecule has 2 rings (SSSR count). The minimum Gasteiger partial charge on any atom is -0.481 e. The summed E-state index contributed by atoms with van der Waals surface area (Å²) in [5, 5.41) is 7.92. The highest BCUT2D eigenvalue weighted by atomic mass is 32.2. The minimum absolute atomic E-state index is 0.0333. The van der Waals surface area contributed by atoms with Gasteiger partial charge in [-0.15, -0.1) is 0 Å². The fourth-order valence-corrected chi connectivity index (χ4v) is 2.82. The number of ether oxygens (including phenoxy) is 1. The number of aryl methyl sites for hydroxylation is 1. The maximum absolute atomic E-state index is 12.3. The van der Waals surface area contributed by atoms with Crippen molar-refractivity contribution >= 4 is 15.9 Å². The van der Waals surface area contributed by atoms with Gasteiger partial charge >= 0.3 is 0 Å². The molecule has 6 nitrogen and oxygen atoms in total. The van der Waals surface area contributed by atoms with E-state index in [-0.39, 0.29) is 16.8 Å². The molecule has 0 aromatic heterocycles. The Morgan fingerprint density at radius 1 is 1.12 bits per heavy atom. The number of hydrogen-bond acceptors (Lipinski definition) is 4. The molecule has 0 spiro atoms. The van der Waals surface area contributed by atoms with Crippen LogP contribution in [0.3, 0.4) is 0 Å². The van der Waals surface area contributed by atoms with Gasteiger partial charge in [-0.05, 0) is 56.2 Å². The van der Waals surface area contributed by atoms with Gasteiger partial charge in [0, 0.05) is 0 Å². The number of carbonyl (C=O) groups is 1. The molecule has 0 aliphatic heterocycles. The van der Waals surface area contributed by atoms with Crippen molar-refractivity contribution in [3.63, 3.8) is 0 Å². The first-order chi connectivity index (χ1) is 11.7. The molecule has 7 heteroatoms. The number of sulfonamides is 1. The molecule has 0 aliphatic carbocycles. The largest absolute Gasteiger partial charge is 0.481 e. The summed E-state index contributed by atoms with van der Waals surface area (Å²) in [6.45, 7) is 5.43. The molecule has 25 heavy (non-hydrogen) atoms. The van der Waals surface area contributed by atoms with Crippen molar-refractivity contribution in [3.8, 4) is 5.75 Å². The topological polar surface area (TPSA) is 98.5 Å². The van der Waals surface area contributed by atoms with E-state index in [1.807, 2.05) is 32.0 Å². The third-order valence-corrected chi connectivity index (χ3v) is 4.67. The number of hydrogen-bond donors (Lipinski definition) is 2. The van der Waals surface area contributed by atoms with E-state index < -0.39 is 16.1 Å². The van der Waals surface area contributed by atoms with Crippen LogP contribution in [0.15, 0.2) is 53.4 Å². The van der Waals surface area contributed by atoms with Crippen LogP contribution >= 0.6 is 0 Å². The molecule has 3 N–H and O–H groups in total. The Labute approximate surface area is 148 Å². The molecule has 0 saturated carbocycles. The van der Waals surface area contributed by atoms with Crippen molar-refractivity contribution in [2.45, 2.75) is 37.8 Å². The highest BCUT2D eigenvalue weighted by Crippen LogP contribution is 2.17. The average molecular weight is 362 g/mol. The summed E-state index contributed by atoms with van der Waals surface area (Å²) >= 11 is 0. The zero-order valence-electron chi connectivity index (χ0n) is 14.4. The van der Waals surface area contributed by atoms with Crippen LogP contribution in [-0.2, 0) is 14.8 Å². The van der Waals surface area contributed by atoms with Crippen LogP contribution in [0.1, 0.15) is 31.0 Å². The number of amides is 1. The highest BCUT2D eigenvalue weighted by Gasteiger charge is 2.18. The van der Waals surface area contributed by atoms with Crippen molar-refractivity contribution in [3.05, 3.63) is 59.7 Å². The van der Waals surface area contributed by atoms with Crippen molar-refractivity contribution < 1.29 is 17.9 Å². The third-order valence-electron chi connectivity index (χ3n) is 3.74. The maximum atomic E-state index is 12.3. The van der Waals surface area contributed by atoms with E-state index in [1.165, 1.54) is 12.1 Å². The molecule has 1 amide bonds. The van der Waals surface area contributed by atoms with E-state index in [4.69, 9.17) is 9.88 Å². The Bertz CT molecular complexity index is 848. The first kappa shape index (κ1) is 19.0. The van der Waals surface area contributed by atoms with E-state index in [1.54, 1.807) is 25.1 Å². The smallest absolute Gasteiger partial charge is 0.261 e. The summed E-state index contributed by atoms with van der Waals surface area (Å²) in [5.74, 6) is 0.373. The Hall–Kier alpha value is -2.38. The average Bonchev–Trinajstić information content (AvgIpc) is 2.54. The van der Waals surface area contributed by atoms with Gasteiger partial charge in [-0.25, -0.2) is 13.6 Å². The van der Waals surface area contributed by atoms with Gasteiger partial charge in [-0.2, -0.15) is 0 Å². The van der Waals surface area contributed by atoms with Crippen LogP contribution in [0.5, 0.6) is 5.75 Å². The lowest BCUT2D eigenvalue weighted by Gasteiger charge is -2.19. The van der Waals surface area contributed by atoms with Gasteiger partial charge in [0.05, 0.1) is 10.9 Å². The van der Waals surface area contributed by atoms with Crippen molar-refractivity contribution in [2.24, 2.45) is 5.14 Å². The predicted octanol–water partition coefficient (Wildman–Crippen LogP) is 2.29. The molecule has 0 aliphatic rings. The van der Waals surface area contributed by atoms with Crippen molar-refractivity contribution in [2.75, 3.05) is 0 Å². The van der Waals surface area contributed by atoms with Gasteiger partial charge in [0.25, 0.3) is 5.91 Å². The quantitative estimate of drug-likeness (QED) is 0.823. The summed E-state index contributed by atoms with van der Waals surface area (Å²) in [6, 6.07) is 13.2. The minimum atomic E-state index is -3.73. The molecule has 2 aromatic rings. The van der Waals surface area contributed by atoms with Crippen LogP contribution in [0, 0.1) is 6.92 Å². The van der Waals surface area contributed by atoms with Gasteiger partial charge in [-0.3, -0.25) is 4.79 Å². The number of nitrogens with one attached hydrogen (secondary N) is 1. The second-order valence-corrected chi connectivity index (χ2v) is 7.48. The summed E-state index contributed by atoms with van der Waals surface area (Å²) in [4.78, 5) is 12.3. The first-order valence-electron chi connectivity index (χ1n) is 7.83. The molecular formula is C18H22N2O4S. The van der Waals surface area contributed by atoms with E-state index in [2.05, 4.69) is 5.32 Å². The fourth-order valence-electron chi connectivity index (χ4n) is 2.31. The van der Waals surface area contributed by atoms with Gasteiger partial charge in [0.15, 0.2) is 6.10 Å². The SMILES string of the molecule is Cc1cccc(O[C@H](C)C(=O)N[C@@H](C)c2ccc(S(N)(=O)=O)cc2)c1. The molecular weight excluding hydrogens is 340 g/mol. The lowest BCUT2D eigenvalue weighted by Crippen LogP contribution is -2.37. The lowest BCUT2D eigenvalue weighted by molar-refractivity contribution is -0.127. The van der Waals surface area contributed by atoms with E-state index >= 15 is 0 Å². The zero-order valence-corrected chi connectivity index (χ0v) is 15.2. The van der Waals surface area contributed by atoms with Gasteiger partial charge in [0.1, 0.15) is 5.75 Å². The first-order valence-corrected chi connectivity index (χ1v) is 9.38. The number of benzene rings is 2. The molecule has 134 valence electrons. The van der Waals surface area contributed by atoms with Crippen LogP contribution in [0.25, 0.3) is 0 Å². The Morgan fingerprint density at radius 3 is 2.32 bits per heavy atom. The summed E-state index contributed by atoms with van der Waals surface area (Å²) in [5.41, 5.74) is 1.82. The molecule has 0 radical (unpaired) electrons. The molecule has 0 fully saturated rings. The molecule has 0 heterocycles. The Kier molecular flexibility index (Phi) is 5.81. The zero-order chi connectivity index (χ0) is 18.6. The Balaban J connectivity index is 1.99. The van der Waals surface area contributed by atoms with Gasteiger partial charge in [0.2, 0.25) is 10.0 Å². The van der Waals surface area contributed by atoms with Crippen LogP contribution in [0.2, 0.25) is 0 Å². The van der Waals surface area contributed by atoms with Crippen molar-refractivity contribution in [1.82, 2.24) is 5.32 Å². The lowest BCUT2D eigenvalue weighted by atomic mass is 10.1. The van der Waals surface area contributed by atoms with Gasteiger partial charge < -0.3 is 10.1 Å². The fraction of sp³-hybridized carbons (Fsp3) is 0.278. The molecule has 0 unspecified atom stereocenters. The van der Waals surface area contributed by atoms with Crippen molar-refractivity contribution in [1.29, 1.82) is 0 Å². The normalized spacial score (nSPS) is 13.8. The number of rotatable bonds is 6. The number of nitrogens with two attached hydrogens (primary N) is 1. The molecule has 2 atom stereocenters.